The number of nitrogens with two attached hydrogens (primary N) is 1. The van der Waals surface area contributed by atoms with Gasteiger partial charge in [0.05, 0.1) is 0 Å². The first-order valence-electron chi connectivity index (χ1n) is 6.32. The normalized spacial score (nSPS) is 13.1. The van der Waals surface area contributed by atoms with Crippen molar-refractivity contribution in [2.45, 2.75) is 46.0 Å². The summed E-state index contributed by atoms with van der Waals surface area (Å²) in [6, 6.07) is 8.38. The Morgan fingerprint density at radius 3 is 2.00 bits per heavy atom. The Bertz CT molecular complexity index is 346. The van der Waals surface area contributed by atoms with Crippen LogP contribution in [0.1, 0.15) is 31.9 Å². The third kappa shape index (κ3) is 6.43. The predicted molar refractivity (Wildman–Crippen MR) is 84.0 cm³/mol. The van der Waals surface area contributed by atoms with E-state index in [9.17, 15) is 0 Å². The van der Waals surface area contributed by atoms with Crippen molar-refractivity contribution in [3.05, 3.63) is 29.8 Å². The van der Waals surface area contributed by atoms with Crippen LogP contribution in [0.3, 0.4) is 0 Å². The Morgan fingerprint density at radius 2 is 1.61 bits per heavy atom. The molecule has 0 aliphatic rings. The largest absolute Gasteiger partial charge is 0.544 e. The van der Waals surface area contributed by atoms with Crippen LogP contribution in [-0.2, 0) is 0 Å². The van der Waals surface area contributed by atoms with Gasteiger partial charge < -0.3 is 10.2 Å². The van der Waals surface area contributed by atoms with Crippen LogP contribution in [0, 0.1) is 5.92 Å². The lowest BCUT2D eigenvalue weighted by Crippen LogP contribution is -2.29. The molecule has 2 N–H and O–H groups in total. The number of rotatable bonds is 5. The Hall–Kier alpha value is -0.513. The predicted octanol–water partition coefficient (Wildman–Crippen LogP) is 4.37. The van der Waals surface area contributed by atoms with E-state index in [1.807, 2.05) is 12.1 Å². The third-order valence-corrected chi connectivity index (χ3v) is 3.31. The highest BCUT2D eigenvalue weighted by Crippen LogP contribution is 2.22. The molecule has 1 rings (SSSR count). The van der Waals surface area contributed by atoms with Gasteiger partial charge in [0.15, 0.2) is 0 Å². The highest BCUT2D eigenvalue weighted by atomic mass is 35.5. The molecule has 0 amide bonds. The van der Waals surface area contributed by atoms with Gasteiger partial charge in [0.1, 0.15) is 5.75 Å². The van der Waals surface area contributed by atoms with Crippen molar-refractivity contribution in [3.63, 3.8) is 0 Å². The molecule has 2 nitrogen and oxygen atoms in total. The molecule has 0 saturated carbocycles. The number of benzene rings is 1. The van der Waals surface area contributed by atoms with E-state index in [-0.39, 0.29) is 18.4 Å². The molecular weight excluding hydrogens is 262 g/mol. The van der Waals surface area contributed by atoms with Gasteiger partial charge in [0.2, 0.25) is 8.32 Å². The van der Waals surface area contributed by atoms with Crippen LogP contribution in [-0.4, -0.2) is 8.32 Å². The van der Waals surface area contributed by atoms with Crippen molar-refractivity contribution in [2.24, 2.45) is 11.7 Å². The van der Waals surface area contributed by atoms with Crippen LogP contribution in [0.25, 0.3) is 0 Å². The maximum Gasteiger partial charge on any atom is 0.242 e. The van der Waals surface area contributed by atoms with Crippen LogP contribution < -0.4 is 10.2 Å². The standard InChI is InChI=1S/C14H25NOSi.ClH/c1-11(2)10-14(15)12-6-8-13(9-7-12)16-17(3,4)5;/h6-9,11,14H,10,15H2,1-5H3;1H/t14-;/m1./s1. The fourth-order valence-corrected chi connectivity index (χ4v) is 2.62. The zero-order chi connectivity index (χ0) is 13.1. The average Bonchev–Trinajstić information content (AvgIpc) is 2.15. The minimum atomic E-state index is -1.50. The SMILES string of the molecule is CC(C)C[C@@H](N)c1ccc(O[Si](C)(C)C)cc1.Cl. The monoisotopic (exact) mass is 287 g/mol. The van der Waals surface area contributed by atoms with Gasteiger partial charge >= 0.3 is 0 Å². The lowest BCUT2D eigenvalue weighted by molar-refractivity contribution is 0.509. The molecule has 104 valence electrons. The molecule has 0 bridgehead atoms. The van der Waals surface area contributed by atoms with E-state index in [0.29, 0.717) is 5.92 Å². The van der Waals surface area contributed by atoms with E-state index in [1.54, 1.807) is 0 Å². The zero-order valence-electron chi connectivity index (χ0n) is 12.1. The molecule has 1 aromatic rings. The molecule has 0 unspecified atom stereocenters. The first kappa shape index (κ1) is 17.5. The van der Waals surface area contributed by atoms with Crippen molar-refractivity contribution in [2.75, 3.05) is 0 Å². The van der Waals surface area contributed by atoms with Crippen molar-refractivity contribution in [1.82, 2.24) is 0 Å². The van der Waals surface area contributed by atoms with Gasteiger partial charge in [-0.2, -0.15) is 0 Å². The van der Waals surface area contributed by atoms with E-state index in [1.165, 1.54) is 5.56 Å². The van der Waals surface area contributed by atoms with Gasteiger partial charge in [-0.1, -0.05) is 26.0 Å². The molecule has 0 spiro atoms. The zero-order valence-corrected chi connectivity index (χ0v) is 13.9. The minimum absolute atomic E-state index is 0. The van der Waals surface area contributed by atoms with Crippen molar-refractivity contribution in [3.8, 4) is 5.75 Å². The van der Waals surface area contributed by atoms with Crippen LogP contribution in [0.2, 0.25) is 19.6 Å². The summed E-state index contributed by atoms with van der Waals surface area (Å²) in [5, 5.41) is 0. The van der Waals surface area contributed by atoms with Gasteiger partial charge in [-0.25, -0.2) is 0 Å². The van der Waals surface area contributed by atoms with Gasteiger partial charge in [0, 0.05) is 6.04 Å². The van der Waals surface area contributed by atoms with Gasteiger partial charge in [0.25, 0.3) is 0 Å². The summed E-state index contributed by atoms with van der Waals surface area (Å²) in [7, 11) is -1.50. The quantitative estimate of drug-likeness (QED) is 0.816. The Balaban J connectivity index is 0.00000289. The molecule has 4 heteroatoms. The van der Waals surface area contributed by atoms with E-state index in [2.05, 4.69) is 45.6 Å². The lowest BCUT2D eigenvalue weighted by Gasteiger charge is -2.20. The summed E-state index contributed by atoms with van der Waals surface area (Å²) in [4.78, 5) is 0. The second kappa shape index (κ2) is 7.17. The van der Waals surface area contributed by atoms with E-state index >= 15 is 0 Å². The van der Waals surface area contributed by atoms with Gasteiger partial charge in [-0.15, -0.1) is 12.4 Å². The molecule has 0 heterocycles. The Labute approximate surface area is 118 Å². The summed E-state index contributed by atoms with van der Waals surface area (Å²) in [6.07, 6.45) is 1.02. The van der Waals surface area contributed by atoms with Crippen LogP contribution in [0.5, 0.6) is 5.75 Å². The van der Waals surface area contributed by atoms with Crippen molar-refractivity contribution >= 4 is 20.7 Å². The second-order valence-electron chi connectivity index (χ2n) is 6.02. The molecular formula is C14H26ClNOSi. The van der Waals surface area contributed by atoms with Crippen molar-refractivity contribution in [1.29, 1.82) is 0 Å². The molecule has 1 atom stereocenters. The summed E-state index contributed by atoms with van der Waals surface area (Å²) in [5.74, 6) is 1.59. The van der Waals surface area contributed by atoms with Crippen LogP contribution >= 0.6 is 12.4 Å². The molecule has 0 aliphatic heterocycles. The van der Waals surface area contributed by atoms with E-state index in [0.717, 1.165) is 12.2 Å². The molecule has 1 aromatic carbocycles. The fraction of sp³-hybridized carbons (Fsp3) is 0.571. The minimum Gasteiger partial charge on any atom is -0.544 e. The third-order valence-electron chi connectivity index (χ3n) is 2.46. The number of hydrogen-bond donors (Lipinski definition) is 1. The number of halogens is 1. The molecule has 0 aliphatic carbocycles. The van der Waals surface area contributed by atoms with Gasteiger partial charge in [-0.3, -0.25) is 0 Å². The summed E-state index contributed by atoms with van der Waals surface area (Å²) < 4.78 is 5.92. The van der Waals surface area contributed by atoms with Crippen molar-refractivity contribution < 1.29 is 4.43 Å². The first-order valence-corrected chi connectivity index (χ1v) is 9.73. The smallest absolute Gasteiger partial charge is 0.242 e. The van der Waals surface area contributed by atoms with Crippen LogP contribution in [0.4, 0.5) is 0 Å². The number of hydrogen-bond acceptors (Lipinski definition) is 2. The van der Waals surface area contributed by atoms with E-state index in [4.69, 9.17) is 10.2 Å². The molecule has 0 aromatic heterocycles. The second-order valence-corrected chi connectivity index (χ2v) is 10.4. The molecule has 0 fully saturated rings. The summed E-state index contributed by atoms with van der Waals surface area (Å²) in [6.45, 7) is 11.0. The maximum absolute atomic E-state index is 6.14. The molecule has 0 radical (unpaired) electrons. The highest BCUT2D eigenvalue weighted by Gasteiger charge is 2.16. The molecule has 0 saturated heterocycles. The highest BCUT2D eigenvalue weighted by molar-refractivity contribution is 6.70. The molecule has 18 heavy (non-hydrogen) atoms. The Morgan fingerprint density at radius 1 is 1.11 bits per heavy atom. The summed E-state index contributed by atoms with van der Waals surface area (Å²) in [5.41, 5.74) is 7.34. The van der Waals surface area contributed by atoms with Gasteiger partial charge in [-0.05, 0) is 49.7 Å². The Kier molecular flexibility index (Phi) is 6.96. The topological polar surface area (TPSA) is 35.2 Å². The first-order chi connectivity index (χ1) is 7.78. The van der Waals surface area contributed by atoms with E-state index < -0.39 is 8.32 Å². The maximum atomic E-state index is 6.14. The lowest BCUT2D eigenvalue weighted by atomic mass is 9.98. The fourth-order valence-electron chi connectivity index (χ4n) is 1.78. The van der Waals surface area contributed by atoms with Crippen LogP contribution in [0.15, 0.2) is 24.3 Å². The average molecular weight is 288 g/mol. The summed E-state index contributed by atoms with van der Waals surface area (Å²) >= 11 is 0.